The minimum Gasteiger partial charge on any atom is -0.397 e. The lowest BCUT2D eigenvalue weighted by atomic mass is 10.2. The van der Waals surface area contributed by atoms with E-state index < -0.39 is 0 Å². The second kappa shape index (κ2) is 3.30. The molecule has 0 aliphatic rings. The Morgan fingerprint density at radius 2 is 1.92 bits per heavy atom. The minimum atomic E-state index is 0.918. The van der Waals surface area contributed by atoms with E-state index in [0.717, 1.165) is 9.26 Å². The van der Waals surface area contributed by atoms with Gasteiger partial charge < -0.3 is 5.73 Å². The molecule has 0 saturated heterocycles. The van der Waals surface area contributed by atoms with Crippen LogP contribution in [0.3, 0.4) is 0 Å². The molecule has 0 bridgehead atoms. The van der Waals surface area contributed by atoms with Crippen molar-refractivity contribution < 1.29 is 0 Å². The number of halogens is 2. The van der Waals surface area contributed by atoms with Gasteiger partial charge in [0.1, 0.15) is 0 Å². The Labute approximate surface area is 102 Å². The van der Waals surface area contributed by atoms with Crippen molar-refractivity contribution in [3.05, 3.63) is 24.7 Å². The van der Waals surface area contributed by atoms with Gasteiger partial charge in [0.15, 0.2) is 0 Å². The second-order valence-electron chi connectivity index (χ2n) is 2.42. The summed E-state index contributed by atoms with van der Waals surface area (Å²) >= 11 is 6.31. The summed E-state index contributed by atoms with van der Waals surface area (Å²) in [5.41, 5.74) is 6.85. The predicted molar refractivity (Wildman–Crippen MR) is 71.7 cm³/mol. The molecule has 2 N–H and O–H groups in total. The first kappa shape index (κ1) is 9.01. The third kappa shape index (κ3) is 1.33. The zero-order valence-corrected chi connectivity index (χ0v) is 11.1. The lowest BCUT2D eigenvalue weighted by Gasteiger charge is -1.98. The molecule has 2 rings (SSSR count). The summed E-state index contributed by atoms with van der Waals surface area (Å²) in [7, 11) is 0. The first-order valence-corrected chi connectivity index (χ1v) is 6.34. The number of fused-ring (bicyclic) bond motifs is 1. The number of nitrogens with two attached hydrogens (primary N) is 1. The van der Waals surface area contributed by atoms with E-state index >= 15 is 0 Å². The zero-order valence-electron chi connectivity index (χ0n) is 5.97. The molecule has 4 heteroatoms. The Kier molecular flexibility index (Phi) is 2.48. The highest BCUT2D eigenvalue weighted by Gasteiger charge is 2.06. The Balaban J connectivity index is 2.93. The molecule has 0 radical (unpaired) electrons. The molecular weight excluding hydrogens is 396 g/mol. The van der Waals surface area contributed by atoms with E-state index in [4.69, 9.17) is 5.73 Å². The smallest absolute Gasteiger partial charge is 0.0631 e. The van der Waals surface area contributed by atoms with Gasteiger partial charge in [-0.25, -0.2) is 0 Å². The summed E-state index contributed by atoms with van der Waals surface area (Å²) in [5, 5.41) is 3.41. The van der Waals surface area contributed by atoms with Gasteiger partial charge in [0.05, 0.1) is 10.4 Å². The maximum atomic E-state index is 5.93. The van der Waals surface area contributed by atoms with Crippen molar-refractivity contribution in [1.82, 2.24) is 0 Å². The number of hydrogen-bond acceptors (Lipinski definition) is 2. The minimum absolute atomic E-state index is 0.918. The number of rotatable bonds is 0. The normalized spacial score (nSPS) is 10.8. The lowest BCUT2D eigenvalue weighted by Crippen LogP contribution is -1.88. The van der Waals surface area contributed by atoms with Crippen LogP contribution < -0.4 is 5.73 Å². The van der Waals surface area contributed by atoms with Crippen molar-refractivity contribution in [3.63, 3.8) is 0 Å². The Morgan fingerprint density at radius 1 is 1.17 bits per heavy atom. The van der Waals surface area contributed by atoms with Crippen LogP contribution in [0.1, 0.15) is 0 Å². The van der Waals surface area contributed by atoms with E-state index in [1.54, 1.807) is 11.3 Å². The average molecular weight is 401 g/mol. The number of thiophene rings is 1. The zero-order chi connectivity index (χ0) is 8.72. The van der Waals surface area contributed by atoms with Crippen LogP contribution in [0.4, 0.5) is 5.69 Å². The van der Waals surface area contributed by atoms with Gasteiger partial charge in [0, 0.05) is 17.9 Å². The molecule has 0 unspecified atom stereocenters. The van der Waals surface area contributed by atoms with Crippen LogP contribution in [0.5, 0.6) is 0 Å². The molecule has 0 aliphatic heterocycles. The Bertz CT molecular complexity index is 436. The standard InChI is InChI=1S/C8H5I2NS/c9-5-2-1-4-6(10)3-12-8(4)7(5)11/h1-3H,11H2. The van der Waals surface area contributed by atoms with Crippen LogP contribution in [0.25, 0.3) is 10.1 Å². The number of benzene rings is 1. The van der Waals surface area contributed by atoms with Crippen LogP contribution in [0, 0.1) is 7.14 Å². The molecule has 1 aromatic heterocycles. The molecule has 12 heavy (non-hydrogen) atoms. The molecule has 2 aromatic rings. The van der Waals surface area contributed by atoms with Gasteiger partial charge >= 0.3 is 0 Å². The van der Waals surface area contributed by atoms with E-state index in [0.29, 0.717) is 0 Å². The van der Waals surface area contributed by atoms with E-state index in [2.05, 4.69) is 62.7 Å². The highest BCUT2D eigenvalue weighted by Crippen LogP contribution is 2.33. The largest absolute Gasteiger partial charge is 0.397 e. The Morgan fingerprint density at radius 3 is 2.67 bits per heavy atom. The highest BCUT2D eigenvalue weighted by molar-refractivity contribution is 14.1. The van der Waals surface area contributed by atoms with E-state index in [-0.39, 0.29) is 0 Å². The van der Waals surface area contributed by atoms with Gasteiger partial charge in [0.2, 0.25) is 0 Å². The summed E-state index contributed by atoms with van der Waals surface area (Å²) in [5.74, 6) is 0. The molecule has 1 heterocycles. The molecule has 1 aromatic carbocycles. The molecule has 1 nitrogen and oxygen atoms in total. The Hall–Kier alpha value is 0.440. The van der Waals surface area contributed by atoms with E-state index in [9.17, 15) is 0 Å². The van der Waals surface area contributed by atoms with Gasteiger partial charge in [-0.05, 0) is 51.2 Å². The van der Waals surface area contributed by atoms with Crippen molar-refractivity contribution in [1.29, 1.82) is 0 Å². The molecule has 0 atom stereocenters. The highest BCUT2D eigenvalue weighted by atomic mass is 127. The number of nitrogen functional groups attached to an aromatic ring is 1. The number of hydrogen-bond donors (Lipinski definition) is 1. The third-order valence-electron chi connectivity index (χ3n) is 1.68. The molecule has 0 fully saturated rings. The average Bonchev–Trinajstić information content (AvgIpc) is 2.41. The molecule has 0 spiro atoms. The van der Waals surface area contributed by atoms with Crippen molar-refractivity contribution >= 4 is 72.3 Å². The van der Waals surface area contributed by atoms with Gasteiger partial charge in [0.25, 0.3) is 0 Å². The van der Waals surface area contributed by atoms with E-state index in [1.807, 2.05) is 0 Å². The van der Waals surface area contributed by atoms with E-state index in [1.165, 1.54) is 13.7 Å². The first-order valence-electron chi connectivity index (χ1n) is 3.31. The summed E-state index contributed by atoms with van der Waals surface area (Å²) in [6, 6.07) is 4.19. The monoisotopic (exact) mass is 401 g/mol. The van der Waals surface area contributed by atoms with Gasteiger partial charge in [-0.15, -0.1) is 11.3 Å². The van der Waals surface area contributed by atoms with Crippen molar-refractivity contribution in [3.8, 4) is 0 Å². The predicted octanol–water partition coefficient (Wildman–Crippen LogP) is 3.69. The molecular formula is C8H5I2NS. The summed E-state index contributed by atoms with van der Waals surface area (Å²) in [6.07, 6.45) is 0. The van der Waals surface area contributed by atoms with Crippen molar-refractivity contribution in [2.24, 2.45) is 0 Å². The third-order valence-corrected chi connectivity index (χ3v) is 4.97. The summed E-state index contributed by atoms with van der Waals surface area (Å²) in [6.45, 7) is 0. The van der Waals surface area contributed by atoms with Crippen LogP contribution in [0.2, 0.25) is 0 Å². The molecule has 62 valence electrons. The quantitative estimate of drug-likeness (QED) is 0.529. The molecule has 0 amide bonds. The SMILES string of the molecule is Nc1c(I)ccc2c(I)csc12. The molecule has 0 aliphatic carbocycles. The molecule has 0 saturated carbocycles. The lowest BCUT2D eigenvalue weighted by molar-refractivity contribution is 1.72. The topological polar surface area (TPSA) is 26.0 Å². The van der Waals surface area contributed by atoms with Crippen molar-refractivity contribution in [2.45, 2.75) is 0 Å². The van der Waals surface area contributed by atoms with Crippen LogP contribution >= 0.6 is 56.5 Å². The fraction of sp³-hybridized carbons (Fsp3) is 0. The maximum absolute atomic E-state index is 5.93. The fourth-order valence-corrected chi connectivity index (χ4v) is 3.60. The van der Waals surface area contributed by atoms with Gasteiger partial charge in [-0.3, -0.25) is 0 Å². The van der Waals surface area contributed by atoms with Crippen LogP contribution in [0.15, 0.2) is 17.5 Å². The number of anilines is 1. The van der Waals surface area contributed by atoms with Gasteiger partial charge in [-0.2, -0.15) is 0 Å². The second-order valence-corrected chi connectivity index (χ2v) is 5.63. The van der Waals surface area contributed by atoms with Crippen molar-refractivity contribution in [2.75, 3.05) is 5.73 Å². The van der Waals surface area contributed by atoms with Gasteiger partial charge in [-0.1, -0.05) is 6.07 Å². The summed E-state index contributed by atoms with van der Waals surface area (Å²) < 4.78 is 3.64. The van der Waals surface area contributed by atoms with Crippen LogP contribution in [-0.4, -0.2) is 0 Å². The fourth-order valence-electron chi connectivity index (χ4n) is 1.06. The first-order chi connectivity index (χ1) is 5.70. The summed E-state index contributed by atoms with van der Waals surface area (Å²) in [4.78, 5) is 0. The van der Waals surface area contributed by atoms with Crippen LogP contribution in [-0.2, 0) is 0 Å². The maximum Gasteiger partial charge on any atom is 0.0631 e.